The average Bonchev–Trinajstić information content (AvgIpc) is 3.10. The highest BCUT2D eigenvalue weighted by atomic mass is 35.5. The third kappa shape index (κ3) is 2.72. The van der Waals surface area contributed by atoms with E-state index in [4.69, 9.17) is 29.6 Å². The summed E-state index contributed by atoms with van der Waals surface area (Å²) in [6.07, 6.45) is 2.65. The zero-order chi connectivity index (χ0) is 12.6. The highest BCUT2D eigenvalue weighted by molar-refractivity contribution is 7.80. The molecule has 1 unspecified atom stereocenters. The van der Waals surface area contributed by atoms with E-state index in [1.165, 1.54) is 12.8 Å². The molecule has 1 fully saturated rings. The normalized spacial score (nSPS) is 16.6. The number of rotatable bonds is 4. The Labute approximate surface area is 113 Å². The quantitative estimate of drug-likeness (QED) is 0.851. The van der Waals surface area contributed by atoms with Crippen LogP contribution in [0.4, 0.5) is 5.69 Å². The molecule has 1 aliphatic carbocycles. The fourth-order valence-corrected chi connectivity index (χ4v) is 2.50. The van der Waals surface area contributed by atoms with E-state index in [9.17, 15) is 0 Å². The molecule has 1 atom stereocenters. The maximum absolute atomic E-state index is 6.28. The monoisotopic (exact) mass is 268 g/mol. The molecule has 4 heteroatoms. The van der Waals surface area contributed by atoms with E-state index >= 15 is 0 Å². The summed E-state index contributed by atoms with van der Waals surface area (Å²) in [5.74, 6) is 0.811. The van der Waals surface area contributed by atoms with Gasteiger partial charge in [0.15, 0.2) is 0 Å². The van der Waals surface area contributed by atoms with Crippen LogP contribution in [-0.4, -0.2) is 18.1 Å². The van der Waals surface area contributed by atoms with E-state index in [1.807, 2.05) is 18.2 Å². The molecule has 0 aliphatic heterocycles. The van der Waals surface area contributed by atoms with Crippen LogP contribution in [0.2, 0.25) is 5.02 Å². The van der Waals surface area contributed by atoms with Crippen molar-refractivity contribution in [3.8, 4) is 0 Å². The van der Waals surface area contributed by atoms with Crippen molar-refractivity contribution in [1.82, 2.24) is 0 Å². The van der Waals surface area contributed by atoms with Gasteiger partial charge >= 0.3 is 0 Å². The lowest BCUT2D eigenvalue weighted by Gasteiger charge is -2.28. The number of halogens is 1. The summed E-state index contributed by atoms with van der Waals surface area (Å²) >= 11 is 11.2. The lowest BCUT2D eigenvalue weighted by molar-refractivity contribution is 0.609. The molecule has 2 N–H and O–H groups in total. The smallest absolute Gasteiger partial charge is 0.104 e. The number of nitrogens with two attached hydrogens (primary N) is 1. The van der Waals surface area contributed by atoms with Crippen molar-refractivity contribution >= 4 is 34.5 Å². The Morgan fingerprint density at radius 2 is 2.18 bits per heavy atom. The first-order valence-electron chi connectivity index (χ1n) is 5.83. The SMILES string of the molecule is CC(C1CC1)N(C)c1ccc(C(N)=S)cc1Cl. The maximum Gasteiger partial charge on any atom is 0.104 e. The predicted octanol–water partition coefficient (Wildman–Crippen LogP) is 3.21. The van der Waals surface area contributed by atoms with Gasteiger partial charge < -0.3 is 10.6 Å². The standard InChI is InChI=1S/C13H17ClN2S/c1-8(9-3-4-9)16(2)12-6-5-10(13(15)17)7-11(12)14/h5-9H,3-4H2,1-2H3,(H2,15,17). The molecule has 0 heterocycles. The van der Waals surface area contributed by atoms with E-state index in [0.717, 1.165) is 17.2 Å². The Kier molecular flexibility index (Phi) is 3.59. The number of anilines is 1. The number of hydrogen-bond donors (Lipinski definition) is 1. The average molecular weight is 269 g/mol. The van der Waals surface area contributed by atoms with Crippen molar-refractivity contribution in [2.45, 2.75) is 25.8 Å². The zero-order valence-corrected chi connectivity index (χ0v) is 11.7. The molecule has 0 saturated heterocycles. The molecule has 2 rings (SSSR count). The van der Waals surface area contributed by atoms with E-state index in [0.29, 0.717) is 16.1 Å². The molecule has 2 nitrogen and oxygen atoms in total. The Morgan fingerprint density at radius 3 is 2.65 bits per heavy atom. The van der Waals surface area contributed by atoms with Crippen LogP contribution in [0.5, 0.6) is 0 Å². The third-order valence-electron chi connectivity index (χ3n) is 3.53. The second-order valence-corrected chi connectivity index (χ2v) is 5.57. The minimum absolute atomic E-state index is 0.386. The van der Waals surface area contributed by atoms with Crippen LogP contribution in [0.1, 0.15) is 25.3 Å². The van der Waals surface area contributed by atoms with Gasteiger partial charge in [-0.15, -0.1) is 0 Å². The van der Waals surface area contributed by atoms with Gasteiger partial charge in [0.1, 0.15) is 4.99 Å². The van der Waals surface area contributed by atoms with Crippen molar-refractivity contribution < 1.29 is 0 Å². The topological polar surface area (TPSA) is 29.3 Å². The van der Waals surface area contributed by atoms with Gasteiger partial charge in [0.25, 0.3) is 0 Å². The Hall–Kier alpha value is -0.800. The molecule has 1 aromatic rings. The summed E-state index contributed by atoms with van der Waals surface area (Å²) in [5.41, 5.74) is 7.45. The van der Waals surface area contributed by atoms with Crippen molar-refractivity contribution in [1.29, 1.82) is 0 Å². The molecule has 92 valence electrons. The second kappa shape index (κ2) is 4.83. The summed E-state index contributed by atoms with van der Waals surface area (Å²) in [6, 6.07) is 6.30. The van der Waals surface area contributed by atoms with E-state index in [1.54, 1.807) is 0 Å². The number of thiocarbonyl (C=S) groups is 1. The van der Waals surface area contributed by atoms with Crippen molar-refractivity contribution in [2.24, 2.45) is 11.7 Å². The highest BCUT2D eigenvalue weighted by Crippen LogP contribution is 2.38. The summed E-state index contributed by atoms with van der Waals surface area (Å²) in [5, 5.41) is 0.713. The van der Waals surface area contributed by atoms with Gasteiger partial charge in [-0.1, -0.05) is 23.8 Å². The van der Waals surface area contributed by atoms with Gasteiger partial charge in [-0.25, -0.2) is 0 Å². The molecule has 17 heavy (non-hydrogen) atoms. The van der Waals surface area contributed by atoms with Crippen LogP contribution in [-0.2, 0) is 0 Å². The summed E-state index contributed by atoms with van der Waals surface area (Å²) in [7, 11) is 2.09. The lowest BCUT2D eigenvalue weighted by Crippen LogP contribution is -2.30. The largest absolute Gasteiger partial charge is 0.389 e. The van der Waals surface area contributed by atoms with Gasteiger partial charge in [0.2, 0.25) is 0 Å². The van der Waals surface area contributed by atoms with Crippen LogP contribution in [0.25, 0.3) is 0 Å². The van der Waals surface area contributed by atoms with Gasteiger partial charge in [0, 0.05) is 18.7 Å². The van der Waals surface area contributed by atoms with Crippen LogP contribution in [0.15, 0.2) is 18.2 Å². The zero-order valence-electron chi connectivity index (χ0n) is 10.1. The van der Waals surface area contributed by atoms with Crippen LogP contribution in [0, 0.1) is 5.92 Å². The van der Waals surface area contributed by atoms with Crippen LogP contribution >= 0.6 is 23.8 Å². The Bertz CT molecular complexity index is 443. The van der Waals surface area contributed by atoms with Gasteiger partial charge in [-0.3, -0.25) is 0 Å². The first-order valence-corrected chi connectivity index (χ1v) is 6.61. The molecular formula is C13H17ClN2S. The molecule has 0 spiro atoms. The number of hydrogen-bond acceptors (Lipinski definition) is 2. The van der Waals surface area contributed by atoms with E-state index in [2.05, 4.69) is 18.9 Å². The minimum Gasteiger partial charge on any atom is -0.389 e. The molecule has 0 aromatic heterocycles. The third-order valence-corrected chi connectivity index (χ3v) is 4.07. The number of nitrogens with zero attached hydrogens (tertiary/aromatic N) is 1. The second-order valence-electron chi connectivity index (χ2n) is 4.72. The van der Waals surface area contributed by atoms with Crippen molar-refractivity contribution in [3.05, 3.63) is 28.8 Å². The molecular weight excluding hydrogens is 252 g/mol. The number of benzene rings is 1. The van der Waals surface area contributed by atoms with Crippen LogP contribution < -0.4 is 10.6 Å². The van der Waals surface area contributed by atoms with E-state index in [-0.39, 0.29) is 0 Å². The van der Waals surface area contributed by atoms with Crippen LogP contribution in [0.3, 0.4) is 0 Å². The van der Waals surface area contributed by atoms with E-state index < -0.39 is 0 Å². The van der Waals surface area contributed by atoms with Crippen molar-refractivity contribution in [3.63, 3.8) is 0 Å². The minimum atomic E-state index is 0.386. The molecule has 0 bridgehead atoms. The Morgan fingerprint density at radius 1 is 1.53 bits per heavy atom. The summed E-state index contributed by atoms with van der Waals surface area (Å²) < 4.78 is 0. The fourth-order valence-electron chi connectivity index (χ4n) is 2.06. The van der Waals surface area contributed by atoms with Crippen molar-refractivity contribution in [2.75, 3.05) is 11.9 Å². The van der Waals surface area contributed by atoms with Gasteiger partial charge in [-0.2, -0.15) is 0 Å². The maximum atomic E-state index is 6.28. The molecule has 1 aromatic carbocycles. The summed E-state index contributed by atoms with van der Waals surface area (Å²) in [6.45, 7) is 2.25. The lowest BCUT2D eigenvalue weighted by atomic mass is 10.1. The highest BCUT2D eigenvalue weighted by Gasteiger charge is 2.31. The molecule has 0 amide bonds. The fraction of sp³-hybridized carbons (Fsp3) is 0.462. The Balaban J connectivity index is 2.23. The van der Waals surface area contributed by atoms with Gasteiger partial charge in [0.05, 0.1) is 10.7 Å². The molecule has 0 radical (unpaired) electrons. The first-order chi connectivity index (χ1) is 8.00. The first kappa shape index (κ1) is 12.7. The molecule has 1 saturated carbocycles. The van der Waals surface area contributed by atoms with Gasteiger partial charge in [-0.05, 0) is 43.9 Å². The predicted molar refractivity (Wildman–Crippen MR) is 77.9 cm³/mol. The summed E-state index contributed by atoms with van der Waals surface area (Å²) in [4.78, 5) is 2.62. The molecule has 1 aliphatic rings.